The first-order chi connectivity index (χ1) is 11.8. The van der Waals surface area contributed by atoms with Crippen molar-refractivity contribution in [2.45, 2.75) is 39.3 Å². The Kier molecular flexibility index (Phi) is 6.06. The third-order valence-corrected chi connectivity index (χ3v) is 4.37. The lowest BCUT2D eigenvalue weighted by Gasteiger charge is -2.19. The van der Waals surface area contributed by atoms with Gasteiger partial charge in [-0.3, -0.25) is 4.68 Å². The van der Waals surface area contributed by atoms with Crippen LogP contribution in [0.4, 0.5) is 10.2 Å². The molecule has 0 aliphatic carbocycles. The normalized spacial score (nSPS) is 12.5. The van der Waals surface area contributed by atoms with E-state index in [2.05, 4.69) is 29.2 Å². The zero-order valence-corrected chi connectivity index (χ0v) is 16.2. The number of nitrogens with zero attached hydrogens (tertiary/aromatic N) is 3. The molecule has 5 nitrogen and oxygen atoms in total. The van der Waals surface area contributed by atoms with Crippen molar-refractivity contribution in [2.75, 3.05) is 26.1 Å². The molecule has 0 radical (unpaired) electrons. The minimum atomic E-state index is -0.341. The van der Waals surface area contributed by atoms with Gasteiger partial charge in [0.05, 0.1) is 12.8 Å². The quantitative estimate of drug-likeness (QED) is 0.830. The van der Waals surface area contributed by atoms with Crippen molar-refractivity contribution in [3.05, 3.63) is 40.8 Å². The molecule has 138 valence electrons. The zero-order chi connectivity index (χ0) is 18.7. The van der Waals surface area contributed by atoms with Crippen LogP contribution >= 0.6 is 0 Å². The van der Waals surface area contributed by atoms with Gasteiger partial charge >= 0.3 is 0 Å². The molecule has 1 N–H and O–H groups in total. The minimum Gasteiger partial charge on any atom is -0.494 e. The third kappa shape index (κ3) is 4.12. The number of anilines is 1. The summed E-state index contributed by atoms with van der Waals surface area (Å²) in [5.74, 6) is 1.35. The molecule has 1 aromatic heterocycles. The van der Waals surface area contributed by atoms with Crippen LogP contribution in [0.15, 0.2) is 18.2 Å². The number of halogens is 1. The van der Waals surface area contributed by atoms with Crippen LogP contribution in [-0.2, 0) is 13.6 Å². The number of nitrogens with one attached hydrogen (secondary N) is 1. The summed E-state index contributed by atoms with van der Waals surface area (Å²) in [5, 5.41) is 8.17. The van der Waals surface area contributed by atoms with E-state index in [1.165, 1.54) is 18.7 Å². The van der Waals surface area contributed by atoms with E-state index >= 15 is 0 Å². The Balaban J connectivity index is 2.21. The van der Waals surface area contributed by atoms with E-state index in [9.17, 15) is 4.39 Å². The highest BCUT2D eigenvalue weighted by atomic mass is 19.1. The molecular weight excluding hydrogens is 319 g/mol. The highest BCUT2D eigenvalue weighted by molar-refractivity contribution is 5.50. The Morgan fingerprint density at radius 3 is 2.48 bits per heavy atom. The van der Waals surface area contributed by atoms with E-state index in [-0.39, 0.29) is 17.6 Å². The number of hydrogen-bond acceptors (Lipinski definition) is 4. The molecule has 25 heavy (non-hydrogen) atoms. The molecule has 0 aliphatic rings. The Hall–Kier alpha value is -2.08. The number of aryl methyl sites for hydroxylation is 1. The lowest BCUT2D eigenvalue weighted by molar-refractivity contribution is 0.385. The lowest BCUT2D eigenvalue weighted by Crippen LogP contribution is -2.22. The predicted molar refractivity (Wildman–Crippen MR) is 99.8 cm³/mol. The van der Waals surface area contributed by atoms with Crippen molar-refractivity contribution < 1.29 is 9.13 Å². The summed E-state index contributed by atoms with van der Waals surface area (Å²) in [4.78, 5) is 2.08. The van der Waals surface area contributed by atoms with Crippen LogP contribution in [0.5, 0.6) is 5.75 Å². The van der Waals surface area contributed by atoms with Crippen molar-refractivity contribution in [3.63, 3.8) is 0 Å². The van der Waals surface area contributed by atoms with Crippen molar-refractivity contribution in [2.24, 2.45) is 7.05 Å². The molecule has 2 rings (SSSR count). The Labute approximate surface area is 149 Å². The first-order valence-corrected chi connectivity index (χ1v) is 8.56. The maximum absolute atomic E-state index is 13.9. The van der Waals surface area contributed by atoms with Gasteiger partial charge in [0.1, 0.15) is 5.82 Å². The molecule has 0 saturated heterocycles. The van der Waals surface area contributed by atoms with Gasteiger partial charge in [0.2, 0.25) is 0 Å². The largest absolute Gasteiger partial charge is 0.494 e. The van der Waals surface area contributed by atoms with Crippen molar-refractivity contribution in [3.8, 4) is 5.75 Å². The molecule has 0 fully saturated rings. The maximum Gasteiger partial charge on any atom is 0.165 e. The van der Waals surface area contributed by atoms with Gasteiger partial charge in [0, 0.05) is 39.3 Å². The summed E-state index contributed by atoms with van der Waals surface area (Å²) in [6.45, 7) is 6.99. The van der Waals surface area contributed by atoms with Gasteiger partial charge in [-0.2, -0.15) is 5.10 Å². The minimum absolute atomic E-state index is 0.00985. The monoisotopic (exact) mass is 348 g/mol. The van der Waals surface area contributed by atoms with Gasteiger partial charge in [-0.05, 0) is 30.5 Å². The van der Waals surface area contributed by atoms with Crippen molar-refractivity contribution in [1.29, 1.82) is 0 Å². The van der Waals surface area contributed by atoms with Crippen LogP contribution in [0.25, 0.3) is 0 Å². The first kappa shape index (κ1) is 19.2. The summed E-state index contributed by atoms with van der Waals surface area (Å²) in [5.41, 5.74) is 3.16. The van der Waals surface area contributed by atoms with Crippen LogP contribution < -0.4 is 15.0 Å². The lowest BCUT2D eigenvalue weighted by atomic mass is 10.0. The fourth-order valence-corrected chi connectivity index (χ4v) is 3.10. The molecular formula is C19H29FN4O. The van der Waals surface area contributed by atoms with Gasteiger partial charge in [-0.15, -0.1) is 0 Å². The van der Waals surface area contributed by atoms with E-state index in [1.807, 2.05) is 38.8 Å². The second kappa shape index (κ2) is 7.87. The molecule has 6 heteroatoms. The van der Waals surface area contributed by atoms with Crippen LogP contribution in [0.3, 0.4) is 0 Å². The Morgan fingerprint density at radius 2 is 1.96 bits per heavy atom. The summed E-state index contributed by atoms with van der Waals surface area (Å²) in [7, 11) is 7.48. The molecule has 0 amide bonds. The summed E-state index contributed by atoms with van der Waals surface area (Å²) in [6, 6.07) is 5.09. The second-order valence-electron chi connectivity index (χ2n) is 6.86. The van der Waals surface area contributed by atoms with Gasteiger partial charge in [0.25, 0.3) is 0 Å². The van der Waals surface area contributed by atoms with Crippen LogP contribution in [0.2, 0.25) is 0 Å². The van der Waals surface area contributed by atoms with Gasteiger partial charge < -0.3 is 15.0 Å². The van der Waals surface area contributed by atoms with Gasteiger partial charge in [-0.25, -0.2) is 4.39 Å². The average Bonchev–Trinajstić information content (AvgIpc) is 2.89. The fourth-order valence-electron chi connectivity index (χ4n) is 3.10. The SMILES string of the molecule is COc1ccc(C(C)NCc2c(C(C)C)nn(C)c2N(C)C)cc1F. The third-order valence-electron chi connectivity index (χ3n) is 4.37. The van der Waals surface area contributed by atoms with Gasteiger partial charge in [-0.1, -0.05) is 19.9 Å². The molecule has 0 aliphatic heterocycles. The molecule has 0 bridgehead atoms. The number of ether oxygens (including phenoxy) is 1. The summed E-state index contributed by atoms with van der Waals surface area (Å²) < 4.78 is 20.8. The molecule has 1 atom stereocenters. The smallest absolute Gasteiger partial charge is 0.165 e. The molecule has 1 aromatic carbocycles. The topological polar surface area (TPSA) is 42.3 Å². The van der Waals surface area contributed by atoms with E-state index < -0.39 is 0 Å². The van der Waals surface area contributed by atoms with Gasteiger partial charge in [0.15, 0.2) is 11.6 Å². The van der Waals surface area contributed by atoms with E-state index in [1.54, 1.807) is 6.07 Å². The van der Waals surface area contributed by atoms with Crippen LogP contribution in [0.1, 0.15) is 49.6 Å². The van der Waals surface area contributed by atoms with Crippen molar-refractivity contribution >= 4 is 5.82 Å². The standard InChI is InChI=1S/C19H29FN4O/c1-12(2)18-15(19(23(4)5)24(6)22-18)11-21-13(3)14-8-9-17(25-7)16(20)10-14/h8-10,12-13,21H,11H2,1-7H3. The molecule has 0 saturated carbocycles. The van der Waals surface area contributed by atoms with Crippen LogP contribution in [0, 0.1) is 5.82 Å². The molecule has 0 spiro atoms. The number of aromatic nitrogens is 2. The van der Waals surface area contributed by atoms with E-state index in [0.717, 1.165) is 17.1 Å². The Morgan fingerprint density at radius 1 is 1.28 bits per heavy atom. The van der Waals surface area contributed by atoms with Crippen molar-refractivity contribution in [1.82, 2.24) is 15.1 Å². The number of methoxy groups -OCH3 is 1. The number of hydrogen-bond donors (Lipinski definition) is 1. The summed E-state index contributed by atoms with van der Waals surface area (Å²) >= 11 is 0. The van der Waals surface area contributed by atoms with E-state index in [4.69, 9.17) is 4.74 Å². The van der Waals surface area contributed by atoms with E-state index in [0.29, 0.717) is 12.5 Å². The average molecular weight is 348 g/mol. The first-order valence-electron chi connectivity index (χ1n) is 8.56. The molecule has 2 aromatic rings. The summed E-state index contributed by atoms with van der Waals surface area (Å²) in [6.07, 6.45) is 0. The maximum atomic E-state index is 13.9. The number of benzene rings is 1. The Bertz CT molecular complexity index is 724. The molecule has 1 unspecified atom stereocenters. The zero-order valence-electron chi connectivity index (χ0n) is 16.2. The molecule has 1 heterocycles. The number of rotatable bonds is 7. The highest BCUT2D eigenvalue weighted by Gasteiger charge is 2.20. The second-order valence-corrected chi connectivity index (χ2v) is 6.86. The highest BCUT2D eigenvalue weighted by Crippen LogP contribution is 2.28. The predicted octanol–water partition coefficient (Wildman–Crippen LogP) is 3.61. The van der Waals surface area contributed by atoms with Crippen LogP contribution in [-0.4, -0.2) is 31.0 Å². The fraction of sp³-hybridized carbons (Fsp3) is 0.526.